The van der Waals surface area contributed by atoms with Gasteiger partial charge in [0.2, 0.25) is 5.95 Å². The third-order valence-electron chi connectivity index (χ3n) is 3.51. The quantitative estimate of drug-likeness (QED) is 0.759. The Bertz CT molecular complexity index is 384. The average molecular weight is 279 g/mol. The lowest BCUT2D eigenvalue weighted by molar-refractivity contribution is 0.199. The molecule has 0 spiro atoms. The first-order valence-corrected chi connectivity index (χ1v) is 7.23. The van der Waals surface area contributed by atoms with Crippen molar-refractivity contribution in [3.63, 3.8) is 0 Å². The van der Waals surface area contributed by atoms with E-state index < -0.39 is 0 Å². The van der Waals surface area contributed by atoms with Crippen LogP contribution in [0.1, 0.15) is 12.0 Å². The van der Waals surface area contributed by atoms with Gasteiger partial charge >= 0.3 is 0 Å². The average Bonchev–Trinajstić information content (AvgIpc) is 2.69. The van der Waals surface area contributed by atoms with E-state index in [9.17, 15) is 0 Å². The fourth-order valence-corrected chi connectivity index (χ4v) is 2.26. The van der Waals surface area contributed by atoms with Crippen LogP contribution in [0.25, 0.3) is 0 Å². The molecule has 0 amide bonds. The summed E-state index contributed by atoms with van der Waals surface area (Å²) in [7, 11) is 3.87. The normalized spacial score (nSPS) is 17.2. The molecule has 1 aliphatic heterocycles. The summed E-state index contributed by atoms with van der Waals surface area (Å²) in [5.74, 6) is 0.848. The van der Waals surface area contributed by atoms with E-state index in [2.05, 4.69) is 32.1 Å². The molecule has 6 heteroatoms. The number of hydrogen-bond donors (Lipinski definition) is 1. The summed E-state index contributed by atoms with van der Waals surface area (Å²) < 4.78 is 4.99. The highest BCUT2D eigenvalue weighted by atomic mass is 16.5. The number of methoxy groups -OCH3 is 1. The molecule has 2 heterocycles. The number of anilines is 1. The Hall–Kier alpha value is -1.24. The van der Waals surface area contributed by atoms with Gasteiger partial charge in [0.1, 0.15) is 0 Å². The Morgan fingerprint density at radius 3 is 2.75 bits per heavy atom. The molecule has 112 valence electrons. The number of ether oxygens (including phenoxy) is 1. The third-order valence-corrected chi connectivity index (χ3v) is 3.51. The first-order chi connectivity index (χ1) is 9.79. The van der Waals surface area contributed by atoms with Crippen molar-refractivity contribution < 1.29 is 4.74 Å². The van der Waals surface area contributed by atoms with Crippen LogP contribution in [0.15, 0.2) is 12.4 Å². The van der Waals surface area contributed by atoms with Crippen LogP contribution in [-0.4, -0.2) is 68.4 Å². The van der Waals surface area contributed by atoms with Crippen LogP contribution in [0.4, 0.5) is 5.95 Å². The van der Waals surface area contributed by atoms with Gasteiger partial charge in [-0.15, -0.1) is 0 Å². The maximum absolute atomic E-state index is 4.99. The van der Waals surface area contributed by atoms with Crippen molar-refractivity contribution in [1.29, 1.82) is 0 Å². The van der Waals surface area contributed by atoms with Crippen molar-refractivity contribution in [3.05, 3.63) is 18.0 Å². The lowest BCUT2D eigenvalue weighted by Crippen LogP contribution is -2.30. The molecule has 0 unspecified atom stereocenters. The molecule has 0 radical (unpaired) electrons. The largest absolute Gasteiger partial charge is 0.383 e. The number of hydrogen-bond acceptors (Lipinski definition) is 6. The van der Waals surface area contributed by atoms with Gasteiger partial charge in [-0.1, -0.05) is 0 Å². The van der Waals surface area contributed by atoms with Crippen molar-refractivity contribution >= 4 is 5.95 Å². The Balaban J connectivity index is 1.84. The molecule has 1 N–H and O–H groups in total. The van der Waals surface area contributed by atoms with Crippen LogP contribution in [0.3, 0.4) is 0 Å². The number of nitrogens with zero attached hydrogens (tertiary/aromatic N) is 4. The van der Waals surface area contributed by atoms with E-state index in [-0.39, 0.29) is 0 Å². The van der Waals surface area contributed by atoms with Gasteiger partial charge in [-0.3, -0.25) is 0 Å². The molecule has 0 saturated carbocycles. The fourth-order valence-electron chi connectivity index (χ4n) is 2.26. The monoisotopic (exact) mass is 279 g/mol. The predicted octanol–water partition coefficient (Wildman–Crippen LogP) is 0.355. The molecule has 1 fully saturated rings. The second-order valence-electron chi connectivity index (χ2n) is 5.20. The summed E-state index contributed by atoms with van der Waals surface area (Å²) in [5.41, 5.74) is 1.11. The van der Waals surface area contributed by atoms with E-state index in [4.69, 9.17) is 4.74 Å². The van der Waals surface area contributed by atoms with E-state index in [0.717, 1.165) is 57.4 Å². The van der Waals surface area contributed by atoms with Gasteiger partial charge in [0, 0.05) is 57.8 Å². The van der Waals surface area contributed by atoms with Crippen molar-refractivity contribution in [2.75, 3.05) is 58.4 Å². The van der Waals surface area contributed by atoms with Crippen LogP contribution in [0.2, 0.25) is 0 Å². The van der Waals surface area contributed by atoms with Crippen LogP contribution >= 0.6 is 0 Å². The highest BCUT2D eigenvalue weighted by molar-refractivity contribution is 5.30. The maximum Gasteiger partial charge on any atom is 0.225 e. The molecule has 1 saturated heterocycles. The first-order valence-electron chi connectivity index (χ1n) is 7.23. The number of likely N-dealkylation sites (N-methyl/N-ethyl adjacent to an activating group) is 1. The molecule has 0 aromatic carbocycles. The predicted molar refractivity (Wildman–Crippen MR) is 79.9 cm³/mol. The van der Waals surface area contributed by atoms with Gasteiger partial charge in [-0.25, -0.2) is 9.97 Å². The molecule has 1 aromatic heterocycles. The maximum atomic E-state index is 4.99. The molecule has 0 atom stereocenters. The Morgan fingerprint density at radius 1 is 1.20 bits per heavy atom. The highest BCUT2D eigenvalue weighted by Crippen LogP contribution is 2.10. The minimum Gasteiger partial charge on any atom is -0.383 e. The van der Waals surface area contributed by atoms with Crippen LogP contribution in [0, 0.1) is 0 Å². The molecule has 0 aliphatic carbocycles. The summed E-state index contributed by atoms with van der Waals surface area (Å²) in [5, 5.41) is 3.29. The molecule has 0 bridgehead atoms. The van der Waals surface area contributed by atoms with E-state index in [0.29, 0.717) is 0 Å². The highest BCUT2D eigenvalue weighted by Gasteiger charge is 2.14. The van der Waals surface area contributed by atoms with Gasteiger partial charge in [0.15, 0.2) is 0 Å². The van der Waals surface area contributed by atoms with Crippen molar-refractivity contribution in [1.82, 2.24) is 20.2 Å². The lowest BCUT2D eigenvalue weighted by atomic mass is 10.3. The minimum absolute atomic E-state index is 0.722. The molecular weight excluding hydrogens is 254 g/mol. The molecule has 1 aromatic rings. The van der Waals surface area contributed by atoms with E-state index >= 15 is 0 Å². The summed E-state index contributed by atoms with van der Waals surface area (Å²) in [4.78, 5) is 13.6. The Kier molecular flexibility index (Phi) is 6.17. The SMILES string of the molecule is COCCNCc1cnc(N2CCCN(C)CC2)nc1. The van der Waals surface area contributed by atoms with Gasteiger partial charge in [0.05, 0.1) is 6.61 Å². The minimum atomic E-state index is 0.722. The Labute approximate surface area is 121 Å². The second-order valence-corrected chi connectivity index (χ2v) is 5.20. The van der Waals surface area contributed by atoms with Crippen molar-refractivity contribution in [2.24, 2.45) is 0 Å². The first kappa shape index (κ1) is 15.2. The van der Waals surface area contributed by atoms with E-state index in [1.165, 1.54) is 6.42 Å². The summed E-state index contributed by atoms with van der Waals surface area (Å²) in [6.45, 7) is 6.61. The van der Waals surface area contributed by atoms with E-state index in [1.807, 2.05) is 12.4 Å². The standard InChI is InChI=1S/C14H25N5O/c1-18-5-3-6-19(8-7-18)14-16-11-13(12-17-14)10-15-4-9-20-2/h11-12,15H,3-10H2,1-2H3. The zero-order valence-electron chi connectivity index (χ0n) is 12.5. The zero-order valence-corrected chi connectivity index (χ0v) is 12.5. The van der Waals surface area contributed by atoms with Crippen LogP contribution in [-0.2, 0) is 11.3 Å². The Morgan fingerprint density at radius 2 is 2.00 bits per heavy atom. The van der Waals surface area contributed by atoms with Gasteiger partial charge < -0.3 is 19.9 Å². The third kappa shape index (κ3) is 4.70. The van der Waals surface area contributed by atoms with Gasteiger partial charge in [-0.05, 0) is 20.0 Å². The van der Waals surface area contributed by atoms with E-state index in [1.54, 1.807) is 7.11 Å². The molecule has 2 rings (SSSR count). The molecule has 20 heavy (non-hydrogen) atoms. The summed E-state index contributed by atoms with van der Waals surface area (Å²) in [6.07, 6.45) is 4.99. The lowest BCUT2D eigenvalue weighted by Gasteiger charge is -2.20. The number of aromatic nitrogens is 2. The summed E-state index contributed by atoms with van der Waals surface area (Å²) in [6, 6.07) is 0. The number of nitrogens with one attached hydrogen (secondary N) is 1. The molecule has 1 aliphatic rings. The van der Waals surface area contributed by atoms with Crippen molar-refractivity contribution in [3.8, 4) is 0 Å². The number of rotatable bonds is 6. The second kappa shape index (κ2) is 8.14. The summed E-state index contributed by atoms with van der Waals surface area (Å²) >= 11 is 0. The smallest absolute Gasteiger partial charge is 0.225 e. The fraction of sp³-hybridized carbons (Fsp3) is 0.714. The topological polar surface area (TPSA) is 53.5 Å². The van der Waals surface area contributed by atoms with Crippen LogP contribution < -0.4 is 10.2 Å². The van der Waals surface area contributed by atoms with Gasteiger partial charge in [-0.2, -0.15) is 0 Å². The van der Waals surface area contributed by atoms with Crippen LogP contribution in [0.5, 0.6) is 0 Å². The van der Waals surface area contributed by atoms with Gasteiger partial charge in [0.25, 0.3) is 0 Å². The molecular formula is C14H25N5O. The molecule has 6 nitrogen and oxygen atoms in total. The zero-order chi connectivity index (χ0) is 14.2. The van der Waals surface area contributed by atoms with Crippen molar-refractivity contribution in [2.45, 2.75) is 13.0 Å².